The Morgan fingerprint density at radius 3 is 3.00 bits per heavy atom. The van der Waals surface area contributed by atoms with E-state index in [1.54, 1.807) is 11.3 Å². The van der Waals surface area contributed by atoms with Crippen molar-refractivity contribution >= 4 is 17.2 Å². The fraction of sp³-hybridized carbons (Fsp3) is 0.643. The van der Waals surface area contributed by atoms with Gasteiger partial charge in [0.15, 0.2) is 0 Å². The first-order valence-electron chi connectivity index (χ1n) is 6.74. The van der Waals surface area contributed by atoms with Crippen molar-refractivity contribution in [2.24, 2.45) is 11.8 Å². The van der Waals surface area contributed by atoms with E-state index < -0.39 is 0 Å². The first kappa shape index (κ1) is 13.6. The first-order valence-corrected chi connectivity index (χ1v) is 7.68. The van der Waals surface area contributed by atoms with E-state index in [0.29, 0.717) is 24.8 Å². The molecule has 1 aliphatic rings. The maximum Gasteiger partial charge on any atom is 0.220 e. The van der Waals surface area contributed by atoms with Crippen molar-refractivity contribution < 1.29 is 4.79 Å². The lowest BCUT2D eigenvalue weighted by Crippen LogP contribution is -2.33. The largest absolute Gasteiger partial charge is 0.352 e. The minimum absolute atomic E-state index is 0.187. The lowest BCUT2D eigenvalue weighted by Gasteiger charge is -2.27. The molecule has 3 nitrogen and oxygen atoms in total. The van der Waals surface area contributed by atoms with Gasteiger partial charge in [-0.3, -0.25) is 4.79 Å². The summed E-state index contributed by atoms with van der Waals surface area (Å²) in [5.41, 5.74) is 1.20. The van der Waals surface area contributed by atoms with Gasteiger partial charge in [0.1, 0.15) is 0 Å². The maximum atomic E-state index is 11.9. The molecule has 0 bridgehead atoms. The third kappa shape index (κ3) is 4.10. The van der Waals surface area contributed by atoms with Gasteiger partial charge in [0.25, 0.3) is 0 Å². The lowest BCUT2D eigenvalue weighted by atomic mass is 9.84. The number of piperidine rings is 1. The van der Waals surface area contributed by atoms with E-state index in [9.17, 15) is 4.79 Å². The molecular weight excluding hydrogens is 244 g/mol. The molecule has 0 aliphatic carbocycles. The summed E-state index contributed by atoms with van der Waals surface area (Å²) >= 11 is 1.67. The van der Waals surface area contributed by atoms with Gasteiger partial charge in [-0.05, 0) is 60.2 Å². The van der Waals surface area contributed by atoms with Crippen LogP contribution in [0.25, 0.3) is 0 Å². The first-order chi connectivity index (χ1) is 8.75. The van der Waals surface area contributed by atoms with Crippen molar-refractivity contribution in [1.82, 2.24) is 10.6 Å². The summed E-state index contributed by atoms with van der Waals surface area (Å²) in [6, 6.07) is 2.06. The Kier molecular flexibility index (Phi) is 5.20. The van der Waals surface area contributed by atoms with Crippen LogP contribution >= 0.6 is 11.3 Å². The number of nitrogens with one attached hydrogen (secondary N) is 2. The zero-order chi connectivity index (χ0) is 12.8. The summed E-state index contributed by atoms with van der Waals surface area (Å²) in [7, 11) is 0. The molecule has 18 heavy (non-hydrogen) atoms. The number of hydrogen-bond donors (Lipinski definition) is 2. The van der Waals surface area contributed by atoms with Gasteiger partial charge in [-0.2, -0.15) is 11.3 Å². The Labute approximate surface area is 113 Å². The average molecular weight is 266 g/mol. The Balaban J connectivity index is 1.69. The molecule has 2 rings (SSSR count). The molecule has 1 saturated heterocycles. The molecule has 100 valence electrons. The molecule has 4 heteroatoms. The predicted octanol–water partition coefficient (Wildman–Crippen LogP) is 2.39. The second-order valence-corrected chi connectivity index (χ2v) is 5.96. The molecule has 0 spiro atoms. The normalized spacial score (nSPS) is 18.5. The van der Waals surface area contributed by atoms with Gasteiger partial charge < -0.3 is 10.6 Å². The third-order valence-electron chi connectivity index (χ3n) is 3.77. The molecule has 1 atom stereocenters. The smallest absolute Gasteiger partial charge is 0.220 e. The zero-order valence-electron chi connectivity index (χ0n) is 10.9. The van der Waals surface area contributed by atoms with Crippen LogP contribution in [-0.4, -0.2) is 19.0 Å². The molecule has 0 aromatic carbocycles. The van der Waals surface area contributed by atoms with Crippen molar-refractivity contribution in [2.75, 3.05) is 13.1 Å². The number of amides is 1. The molecule has 2 N–H and O–H groups in total. The van der Waals surface area contributed by atoms with Crippen molar-refractivity contribution in [1.29, 1.82) is 0 Å². The van der Waals surface area contributed by atoms with E-state index in [0.717, 1.165) is 13.1 Å². The van der Waals surface area contributed by atoms with Gasteiger partial charge in [-0.15, -0.1) is 0 Å². The number of carbonyl (C=O) groups is 1. The Morgan fingerprint density at radius 2 is 2.33 bits per heavy atom. The third-order valence-corrected chi connectivity index (χ3v) is 4.50. The molecule has 1 amide bonds. The summed E-state index contributed by atoms with van der Waals surface area (Å²) in [5.74, 6) is 1.39. The van der Waals surface area contributed by atoms with Crippen molar-refractivity contribution in [3.05, 3.63) is 22.4 Å². The van der Waals surface area contributed by atoms with Crippen LogP contribution < -0.4 is 10.6 Å². The predicted molar refractivity (Wildman–Crippen MR) is 75.5 cm³/mol. The summed E-state index contributed by atoms with van der Waals surface area (Å²) in [5, 5.41) is 10.5. The average Bonchev–Trinajstić information content (AvgIpc) is 2.90. The van der Waals surface area contributed by atoms with Gasteiger partial charge in [0, 0.05) is 13.0 Å². The van der Waals surface area contributed by atoms with Crippen LogP contribution in [0.3, 0.4) is 0 Å². The van der Waals surface area contributed by atoms with E-state index in [4.69, 9.17) is 0 Å². The quantitative estimate of drug-likeness (QED) is 0.859. The van der Waals surface area contributed by atoms with E-state index in [2.05, 4.69) is 29.0 Å². The van der Waals surface area contributed by atoms with Crippen LogP contribution in [0, 0.1) is 11.8 Å². The Morgan fingerprint density at radius 1 is 1.56 bits per heavy atom. The van der Waals surface area contributed by atoms with E-state index in [-0.39, 0.29) is 5.91 Å². The summed E-state index contributed by atoms with van der Waals surface area (Å²) < 4.78 is 0. The Bertz CT molecular complexity index is 358. The molecule has 2 heterocycles. The second kappa shape index (κ2) is 6.90. The maximum absolute atomic E-state index is 11.9. The molecule has 1 aromatic heterocycles. The van der Waals surface area contributed by atoms with Gasteiger partial charge in [-0.1, -0.05) is 6.92 Å². The highest BCUT2D eigenvalue weighted by atomic mass is 32.1. The van der Waals surface area contributed by atoms with E-state index in [1.807, 2.05) is 5.38 Å². The number of hydrogen-bond acceptors (Lipinski definition) is 3. The van der Waals surface area contributed by atoms with Crippen LogP contribution in [0.2, 0.25) is 0 Å². The SMILES string of the molecule is CC(CC(=O)NCc1ccsc1)C1CCNCC1. The standard InChI is InChI=1S/C14H22N2OS/c1-11(13-2-5-15-6-3-13)8-14(17)16-9-12-4-7-18-10-12/h4,7,10-11,13,15H,2-3,5-6,8-9H2,1H3,(H,16,17). The summed E-state index contributed by atoms with van der Waals surface area (Å²) in [6.07, 6.45) is 3.08. The molecule has 0 saturated carbocycles. The van der Waals surface area contributed by atoms with Crippen LogP contribution in [-0.2, 0) is 11.3 Å². The molecule has 0 radical (unpaired) electrons. The minimum Gasteiger partial charge on any atom is -0.352 e. The van der Waals surface area contributed by atoms with Gasteiger partial charge in [0.2, 0.25) is 5.91 Å². The van der Waals surface area contributed by atoms with E-state index >= 15 is 0 Å². The van der Waals surface area contributed by atoms with Gasteiger partial charge in [-0.25, -0.2) is 0 Å². The molecule has 1 aliphatic heterocycles. The monoisotopic (exact) mass is 266 g/mol. The van der Waals surface area contributed by atoms with E-state index in [1.165, 1.54) is 18.4 Å². The number of thiophene rings is 1. The number of rotatable bonds is 5. The van der Waals surface area contributed by atoms with Crippen LogP contribution in [0.4, 0.5) is 0 Å². The van der Waals surface area contributed by atoms with Crippen molar-refractivity contribution in [2.45, 2.75) is 32.7 Å². The second-order valence-electron chi connectivity index (χ2n) is 5.18. The fourth-order valence-electron chi connectivity index (χ4n) is 2.54. The van der Waals surface area contributed by atoms with Crippen molar-refractivity contribution in [3.8, 4) is 0 Å². The molecule has 1 aromatic rings. The summed E-state index contributed by atoms with van der Waals surface area (Å²) in [6.45, 7) is 5.08. The summed E-state index contributed by atoms with van der Waals surface area (Å²) in [4.78, 5) is 11.9. The minimum atomic E-state index is 0.187. The highest BCUT2D eigenvalue weighted by Crippen LogP contribution is 2.24. The fourth-order valence-corrected chi connectivity index (χ4v) is 3.21. The lowest BCUT2D eigenvalue weighted by molar-refractivity contribution is -0.122. The van der Waals surface area contributed by atoms with Crippen LogP contribution in [0.5, 0.6) is 0 Å². The zero-order valence-corrected chi connectivity index (χ0v) is 11.8. The molecule has 1 unspecified atom stereocenters. The highest BCUT2D eigenvalue weighted by Gasteiger charge is 2.21. The van der Waals surface area contributed by atoms with Crippen LogP contribution in [0.15, 0.2) is 16.8 Å². The van der Waals surface area contributed by atoms with Gasteiger partial charge in [0.05, 0.1) is 0 Å². The van der Waals surface area contributed by atoms with Crippen molar-refractivity contribution in [3.63, 3.8) is 0 Å². The molecular formula is C14H22N2OS. The topological polar surface area (TPSA) is 41.1 Å². The van der Waals surface area contributed by atoms with Gasteiger partial charge >= 0.3 is 0 Å². The number of carbonyl (C=O) groups excluding carboxylic acids is 1. The Hall–Kier alpha value is -0.870. The van der Waals surface area contributed by atoms with Crippen LogP contribution in [0.1, 0.15) is 31.7 Å². The highest BCUT2D eigenvalue weighted by molar-refractivity contribution is 7.07. The molecule has 1 fully saturated rings.